The van der Waals surface area contributed by atoms with E-state index >= 15 is 0 Å². The zero-order chi connectivity index (χ0) is 24.5. The summed E-state index contributed by atoms with van der Waals surface area (Å²) in [5.41, 5.74) is 4.10. The van der Waals surface area contributed by atoms with Crippen molar-refractivity contribution in [2.75, 3.05) is 28.3 Å². The highest BCUT2D eigenvalue weighted by molar-refractivity contribution is 7.89. The van der Waals surface area contributed by atoms with Crippen LogP contribution in [0.2, 0.25) is 0 Å². The van der Waals surface area contributed by atoms with E-state index in [0.717, 1.165) is 22.3 Å². The summed E-state index contributed by atoms with van der Waals surface area (Å²) in [6, 6.07) is 16.0. The van der Waals surface area contributed by atoms with Gasteiger partial charge >= 0.3 is 0 Å². The minimum absolute atomic E-state index is 0.112. The number of hydrogen-bond acceptors (Lipinski definition) is 6. The van der Waals surface area contributed by atoms with Gasteiger partial charge in [-0.05, 0) is 47.4 Å². The molecule has 0 saturated carbocycles. The second kappa shape index (κ2) is 9.48. The molecule has 8 heteroatoms. The van der Waals surface area contributed by atoms with Gasteiger partial charge in [0, 0.05) is 31.6 Å². The van der Waals surface area contributed by atoms with Gasteiger partial charge in [0.2, 0.25) is 15.8 Å². The Morgan fingerprint density at radius 1 is 0.853 bits per heavy atom. The van der Waals surface area contributed by atoms with E-state index in [1.54, 1.807) is 31.4 Å². The molecule has 178 valence electrons. The Hall–Kier alpha value is -3.36. The van der Waals surface area contributed by atoms with Crippen molar-refractivity contribution in [2.24, 2.45) is 0 Å². The van der Waals surface area contributed by atoms with E-state index in [2.05, 4.69) is 0 Å². The molecule has 1 aliphatic carbocycles. The van der Waals surface area contributed by atoms with E-state index in [9.17, 15) is 13.2 Å². The second-order valence-electron chi connectivity index (χ2n) is 8.16. The number of ether oxygens (including phenoxy) is 3. The molecule has 3 aromatic carbocycles. The molecular formula is C26H27NO6S. The lowest BCUT2D eigenvalue weighted by Crippen LogP contribution is -2.22. The van der Waals surface area contributed by atoms with Gasteiger partial charge in [-0.15, -0.1) is 0 Å². The predicted molar refractivity (Wildman–Crippen MR) is 129 cm³/mol. The van der Waals surface area contributed by atoms with Crippen LogP contribution in [0.3, 0.4) is 0 Å². The van der Waals surface area contributed by atoms with E-state index in [4.69, 9.17) is 14.2 Å². The molecule has 0 spiro atoms. The number of benzene rings is 3. The Bertz CT molecular complexity index is 1350. The van der Waals surface area contributed by atoms with Crippen LogP contribution in [-0.2, 0) is 23.1 Å². The summed E-state index contributed by atoms with van der Waals surface area (Å²) in [4.78, 5) is 12.5. The first-order valence-electron chi connectivity index (χ1n) is 10.8. The minimum atomic E-state index is -3.57. The van der Waals surface area contributed by atoms with Crippen LogP contribution in [0.1, 0.15) is 27.9 Å². The predicted octanol–water partition coefficient (Wildman–Crippen LogP) is 4.33. The maximum Gasteiger partial charge on any atom is 0.242 e. The molecule has 0 fully saturated rings. The molecule has 0 aliphatic heterocycles. The number of Topliss-reactive ketones (excluding diaryl/α,β-unsaturated/α-hetero) is 1. The van der Waals surface area contributed by atoms with E-state index in [1.165, 1.54) is 25.5 Å². The molecule has 0 heterocycles. The summed E-state index contributed by atoms with van der Waals surface area (Å²) < 4.78 is 43.6. The number of sulfonamides is 1. The molecule has 0 unspecified atom stereocenters. The molecule has 1 aliphatic rings. The molecule has 0 aromatic heterocycles. The van der Waals surface area contributed by atoms with Crippen molar-refractivity contribution in [2.45, 2.75) is 24.3 Å². The molecule has 0 bridgehead atoms. The van der Waals surface area contributed by atoms with Crippen molar-refractivity contribution in [3.8, 4) is 28.4 Å². The minimum Gasteiger partial charge on any atom is -0.493 e. The fourth-order valence-electron chi connectivity index (χ4n) is 4.16. The Morgan fingerprint density at radius 3 is 2.29 bits per heavy atom. The molecule has 0 saturated heterocycles. The molecule has 0 radical (unpaired) electrons. The third-order valence-electron chi connectivity index (χ3n) is 5.93. The topological polar surface area (TPSA) is 82.1 Å². The number of carbonyl (C=O) groups is 1. The van der Waals surface area contributed by atoms with Crippen LogP contribution in [0.4, 0.5) is 0 Å². The number of methoxy groups -OCH3 is 2. The Balaban J connectivity index is 1.77. The number of carbonyl (C=O) groups excluding carboxylic acids is 1. The summed E-state index contributed by atoms with van der Waals surface area (Å²) in [6.45, 7) is 0.112. The average Bonchev–Trinajstić information content (AvgIpc) is 3.23. The van der Waals surface area contributed by atoms with Gasteiger partial charge < -0.3 is 14.2 Å². The molecule has 4 rings (SSSR count). The summed E-state index contributed by atoms with van der Waals surface area (Å²) in [5.74, 6) is 1.54. The number of nitrogens with zero attached hydrogens (tertiary/aromatic N) is 1. The second-order valence-corrected chi connectivity index (χ2v) is 10.3. The summed E-state index contributed by atoms with van der Waals surface area (Å²) in [7, 11) is 2.51. The smallest absolute Gasteiger partial charge is 0.242 e. The first-order chi connectivity index (χ1) is 16.3. The van der Waals surface area contributed by atoms with Crippen LogP contribution >= 0.6 is 0 Å². The fraction of sp³-hybridized carbons (Fsp3) is 0.269. The molecule has 0 amide bonds. The van der Waals surface area contributed by atoms with Gasteiger partial charge in [0.15, 0.2) is 17.3 Å². The first kappa shape index (κ1) is 23.8. The average molecular weight is 482 g/mol. The quantitative estimate of drug-likeness (QED) is 0.476. The van der Waals surface area contributed by atoms with E-state index in [-0.39, 0.29) is 17.3 Å². The highest BCUT2D eigenvalue weighted by Gasteiger charge is 2.26. The fourth-order valence-corrected chi connectivity index (χ4v) is 5.13. The SMILES string of the molecule is COc1ccc(-c2cccc3c2CCC3=O)c(OCc2cccc(S(=O)(=O)N(C)C)c2)c1OC. The van der Waals surface area contributed by atoms with Crippen LogP contribution in [0, 0.1) is 0 Å². The lowest BCUT2D eigenvalue weighted by molar-refractivity contribution is 0.0994. The highest BCUT2D eigenvalue weighted by Crippen LogP contribution is 2.46. The number of hydrogen-bond donors (Lipinski definition) is 0. The molecule has 3 aromatic rings. The largest absolute Gasteiger partial charge is 0.493 e. The van der Waals surface area contributed by atoms with Crippen molar-refractivity contribution in [1.82, 2.24) is 4.31 Å². The summed E-state index contributed by atoms with van der Waals surface area (Å²) in [6.07, 6.45) is 1.16. The Labute approximate surface area is 199 Å². The van der Waals surface area contributed by atoms with Gasteiger partial charge in [-0.3, -0.25) is 4.79 Å². The van der Waals surface area contributed by atoms with Crippen molar-refractivity contribution in [3.63, 3.8) is 0 Å². The lowest BCUT2D eigenvalue weighted by Gasteiger charge is -2.19. The number of rotatable bonds is 8. The van der Waals surface area contributed by atoms with E-state index < -0.39 is 10.0 Å². The zero-order valence-corrected chi connectivity index (χ0v) is 20.4. The third-order valence-corrected chi connectivity index (χ3v) is 7.74. The lowest BCUT2D eigenvalue weighted by atomic mass is 9.95. The van der Waals surface area contributed by atoms with Gasteiger partial charge in [-0.2, -0.15) is 0 Å². The molecule has 34 heavy (non-hydrogen) atoms. The van der Waals surface area contributed by atoms with Crippen LogP contribution < -0.4 is 14.2 Å². The van der Waals surface area contributed by atoms with E-state index in [1.807, 2.05) is 30.3 Å². The summed E-state index contributed by atoms with van der Waals surface area (Å²) in [5, 5.41) is 0. The Kier molecular flexibility index (Phi) is 6.63. The molecule has 0 N–H and O–H groups in total. The maximum atomic E-state index is 12.5. The standard InChI is InChI=1S/C26H27NO6S/c1-27(2)34(29,30)18-8-5-7-17(15-18)16-33-25-22(12-14-24(31-3)26(25)32-4)19-9-6-10-21-20(19)11-13-23(21)28/h5-10,12,14-15H,11,13,16H2,1-4H3. The van der Waals surface area contributed by atoms with Crippen molar-refractivity contribution < 1.29 is 27.4 Å². The van der Waals surface area contributed by atoms with Crippen molar-refractivity contribution in [1.29, 1.82) is 0 Å². The van der Waals surface area contributed by atoms with Gasteiger partial charge in [0.05, 0.1) is 19.1 Å². The van der Waals surface area contributed by atoms with Crippen molar-refractivity contribution in [3.05, 3.63) is 71.3 Å². The molecule has 7 nitrogen and oxygen atoms in total. The maximum absolute atomic E-state index is 12.5. The first-order valence-corrected chi connectivity index (χ1v) is 12.3. The van der Waals surface area contributed by atoms with Crippen LogP contribution in [-0.4, -0.2) is 46.8 Å². The molecular weight excluding hydrogens is 454 g/mol. The van der Waals surface area contributed by atoms with Crippen LogP contribution in [0.15, 0.2) is 59.5 Å². The van der Waals surface area contributed by atoms with Gasteiger partial charge in [0.1, 0.15) is 6.61 Å². The van der Waals surface area contributed by atoms with E-state index in [0.29, 0.717) is 35.7 Å². The van der Waals surface area contributed by atoms with Crippen LogP contribution in [0.25, 0.3) is 11.1 Å². The monoisotopic (exact) mass is 481 g/mol. The normalized spacial score (nSPS) is 13.1. The highest BCUT2D eigenvalue weighted by atomic mass is 32.2. The van der Waals surface area contributed by atoms with Gasteiger partial charge in [-0.25, -0.2) is 12.7 Å². The van der Waals surface area contributed by atoms with Crippen LogP contribution in [0.5, 0.6) is 17.2 Å². The number of fused-ring (bicyclic) bond motifs is 1. The Morgan fingerprint density at radius 2 is 1.59 bits per heavy atom. The summed E-state index contributed by atoms with van der Waals surface area (Å²) >= 11 is 0. The van der Waals surface area contributed by atoms with Gasteiger partial charge in [0.25, 0.3) is 0 Å². The third kappa shape index (κ3) is 4.26. The van der Waals surface area contributed by atoms with Gasteiger partial charge in [-0.1, -0.05) is 30.3 Å². The van der Waals surface area contributed by atoms with Crippen molar-refractivity contribution >= 4 is 15.8 Å². The zero-order valence-electron chi connectivity index (χ0n) is 19.6. The molecule has 0 atom stereocenters. The number of ketones is 1.